The number of rotatable bonds is 4. The highest BCUT2D eigenvalue weighted by molar-refractivity contribution is 6.06. The van der Waals surface area contributed by atoms with Gasteiger partial charge in [0, 0.05) is 30.7 Å². The van der Waals surface area contributed by atoms with E-state index in [1.807, 2.05) is 49.0 Å². The molecule has 1 aromatic heterocycles. The van der Waals surface area contributed by atoms with E-state index in [2.05, 4.69) is 4.98 Å². The molecule has 1 amide bonds. The van der Waals surface area contributed by atoms with E-state index in [0.717, 1.165) is 17.1 Å². The largest absolute Gasteiger partial charge is 0.486 e. The van der Waals surface area contributed by atoms with Crippen LogP contribution in [-0.2, 0) is 13.6 Å². The highest BCUT2D eigenvalue weighted by Gasteiger charge is 2.23. The number of hydrogen-bond donors (Lipinski definition) is 0. The summed E-state index contributed by atoms with van der Waals surface area (Å²) in [5, 5.41) is 0. The highest BCUT2D eigenvalue weighted by Crippen LogP contribution is 2.32. The minimum atomic E-state index is -0.107. The molecule has 0 spiro atoms. The Bertz CT molecular complexity index is 980. The van der Waals surface area contributed by atoms with Gasteiger partial charge < -0.3 is 18.9 Å². The van der Waals surface area contributed by atoms with E-state index in [-0.39, 0.29) is 5.91 Å². The lowest BCUT2D eigenvalue weighted by molar-refractivity contribution is 0.0983. The summed E-state index contributed by atoms with van der Waals surface area (Å²) in [5.74, 6) is 1.98. The molecular weight excluding hydrogens is 342 g/mol. The maximum Gasteiger partial charge on any atom is 0.258 e. The summed E-state index contributed by atoms with van der Waals surface area (Å²) in [7, 11) is 1.92. The lowest BCUT2D eigenvalue weighted by Crippen LogP contribution is -2.32. The molecule has 1 aliphatic heterocycles. The number of anilines is 1. The van der Waals surface area contributed by atoms with Crippen molar-refractivity contribution < 1.29 is 14.3 Å². The second-order valence-corrected chi connectivity index (χ2v) is 6.49. The van der Waals surface area contributed by atoms with Gasteiger partial charge in [0.25, 0.3) is 5.91 Å². The van der Waals surface area contributed by atoms with Crippen LogP contribution in [-0.4, -0.2) is 28.7 Å². The van der Waals surface area contributed by atoms with Crippen molar-refractivity contribution in [2.75, 3.05) is 18.1 Å². The Morgan fingerprint density at radius 2 is 1.93 bits per heavy atom. The first-order valence-electron chi connectivity index (χ1n) is 8.87. The Morgan fingerprint density at radius 1 is 1.15 bits per heavy atom. The first-order chi connectivity index (χ1) is 13.1. The van der Waals surface area contributed by atoms with Gasteiger partial charge in [-0.3, -0.25) is 4.79 Å². The molecule has 0 atom stereocenters. The summed E-state index contributed by atoms with van der Waals surface area (Å²) in [6.45, 7) is 3.38. The smallest absolute Gasteiger partial charge is 0.258 e. The topological polar surface area (TPSA) is 56.6 Å². The molecule has 0 bridgehead atoms. The van der Waals surface area contributed by atoms with Crippen LogP contribution in [0.1, 0.15) is 21.7 Å². The zero-order valence-corrected chi connectivity index (χ0v) is 15.4. The second-order valence-electron chi connectivity index (χ2n) is 6.49. The molecule has 6 nitrogen and oxygen atoms in total. The molecule has 4 rings (SSSR count). The molecule has 138 valence electrons. The van der Waals surface area contributed by atoms with Crippen LogP contribution >= 0.6 is 0 Å². The Morgan fingerprint density at radius 3 is 2.67 bits per heavy atom. The third-order valence-electron chi connectivity index (χ3n) is 4.66. The van der Waals surface area contributed by atoms with Crippen LogP contribution < -0.4 is 14.4 Å². The number of para-hydroxylation sites is 1. The monoisotopic (exact) mass is 363 g/mol. The van der Waals surface area contributed by atoms with Gasteiger partial charge in [0.1, 0.15) is 19.0 Å². The number of carbonyl (C=O) groups excluding carboxylic acids is 1. The van der Waals surface area contributed by atoms with Gasteiger partial charge in [0.05, 0.1) is 6.54 Å². The van der Waals surface area contributed by atoms with Crippen LogP contribution in [0.4, 0.5) is 5.69 Å². The maximum absolute atomic E-state index is 13.4. The van der Waals surface area contributed by atoms with E-state index in [1.165, 1.54) is 0 Å². The van der Waals surface area contributed by atoms with E-state index >= 15 is 0 Å². The van der Waals surface area contributed by atoms with Crippen LogP contribution in [0.25, 0.3) is 0 Å². The zero-order chi connectivity index (χ0) is 18.8. The van der Waals surface area contributed by atoms with Crippen molar-refractivity contribution in [3.05, 3.63) is 71.8 Å². The molecule has 0 fully saturated rings. The summed E-state index contributed by atoms with van der Waals surface area (Å²) < 4.78 is 13.1. The van der Waals surface area contributed by atoms with Crippen molar-refractivity contribution >= 4 is 11.6 Å². The Balaban J connectivity index is 1.72. The summed E-state index contributed by atoms with van der Waals surface area (Å²) in [5.41, 5.74) is 2.44. The summed E-state index contributed by atoms with van der Waals surface area (Å²) in [6, 6.07) is 13.2. The molecule has 0 N–H and O–H groups in total. The fraction of sp³-hybridized carbons (Fsp3) is 0.238. The fourth-order valence-corrected chi connectivity index (χ4v) is 3.16. The van der Waals surface area contributed by atoms with Crippen LogP contribution in [0.3, 0.4) is 0 Å². The van der Waals surface area contributed by atoms with Gasteiger partial charge in [0.15, 0.2) is 11.5 Å². The van der Waals surface area contributed by atoms with Crippen LogP contribution in [0, 0.1) is 6.92 Å². The molecule has 2 heterocycles. The number of fused-ring (bicyclic) bond motifs is 1. The molecular formula is C21H21N3O3. The van der Waals surface area contributed by atoms with Gasteiger partial charge in [-0.05, 0) is 36.8 Å². The third kappa shape index (κ3) is 3.38. The molecule has 0 saturated heterocycles. The Labute approximate surface area is 158 Å². The molecule has 6 heteroatoms. The van der Waals surface area contributed by atoms with Crippen molar-refractivity contribution in [3.8, 4) is 11.5 Å². The number of amides is 1. The number of hydrogen-bond acceptors (Lipinski definition) is 4. The average Bonchev–Trinajstić information content (AvgIpc) is 3.10. The van der Waals surface area contributed by atoms with Crippen LogP contribution in [0.2, 0.25) is 0 Å². The lowest BCUT2D eigenvalue weighted by Gasteiger charge is -2.25. The standard InChI is InChI=1S/C21H21N3O3/c1-15-5-3-4-6-17(15)24(14-20-22-9-10-23(20)2)21(25)16-7-8-18-19(13-16)27-12-11-26-18/h3-10,13H,11-12,14H2,1-2H3. The molecule has 1 aliphatic rings. The Hall–Kier alpha value is -3.28. The summed E-state index contributed by atoms with van der Waals surface area (Å²) in [4.78, 5) is 19.5. The van der Waals surface area contributed by atoms with E-state index in [4.69, 9.17) is 9.47 Å². The Kier molecular flexibility index (Phi) is 4.54. The van der Waals surface area contributed by atoms with Crippen molar-refractivity contribution in [3.63, 3.8) is 0 Å². The molecule has 0 saturated carbocycles. The van der Waals surface area contributed by atoms with Gasteiger partial charge in [-0.2, -0.15) is 0 Å². The van der Waals surface area contributed by atoms with Gasteiger partial charge in [0.2, 0.25) is 0 Å². The quantitative estimate of drug-likeness (QED) is 0.713. The summed E-state index contributed by atoms with van der Waals surface area (Å²) >= 11 is 0. The van der Waals surface area contributed by atoms with Crippen molar-refractivity contribution in [2.45, 2.75) is 13.5 Å². The van der Waals surface area contributed by atoms with E-state index in [1.54, 1.807) is 29.3 Å². The normalized spacial score (nSPS) is 12.7. The van der Waals surface area contributed by atoms with Gasteiger partial charge >= 0.3 is 0 Å². The molecule has 0 radical (unpaired) electrons. The van der Waals surface area contributed by atoms with E-state index < -0.39 is 0 Å². The van der Waals surface area contributed by atoms with E-state index in [9.17, 15) is 4.79 Å². The minimum Gasteiger partial charge on any atom is -0.486 e. The third-order valence-corrected chi connectivity index (χ3v) is 4.66. The molecule has 0 unspecified atom stereocenters. The first kappa shape index (κ1) is 17.1. The number of carbonyl (C=O) groups is 1. The number of benzene rings is 2. The predicted molar refractivity (Wildman–Crippen MR) is 102 cm³/mol. The predicted octanol–water partition coefficient (Wildman–Crippen LogP) is 3.35. The average molecular weight is 363 g/mol. The number of ether oxygens (including phenoxy) is 2. The lowest BCUT2D eigenvalue weighted by atomic mass is 10.1. The second kappa shape index (κ2) is 7.15. The molecule has 3 aromatic rings. The van der Waals surface area contributed by atoms with Gasteiger partial charge in [-0.15, -0.1) is 0 Å². The van der Waals surface area contributed by atoms with Gasteiger partial charge in [-0.1, -0.05) is 18.2 Å². The van der Waals surface area contributed by atoms with Gasteiger partial charge in [-0.25, -0.2) is 4.98 Å². The zero-order valence-electron chi connectivity index (χ0n) is 15.4. The highest BCUT2D eigenvalue weighted by atomic mass is 16.6. The van der Waals surface area contributed by atoms with Crippen molar-refractivity contribution in [2.24, 2.45) is 7.05 Å². The molecule has 2 aromatic carbocycles. The maximum atomic E-state index is 13.4. The molecule has 27 heavy (non-hydrogen) atoms. The van der Waals surface area contributed by atoms with E-state index in [0.29, 0.717) is 36.8 Å². The van der Waals surface area contributed by atoms with Crippen LogP contribution in [0.15, 0.2) is 54.9 Å². The van der Waals surface area contributed by atoms with Crippen molar-refractivity contribution in [1.29, 1.82) is 0 Å². The number of aryl methyl sites for hydroxylation is 2. The molecule has 0 aliphatic carbocycles. The number of nitrogens with zero attached hydrogens (tertiary/aromatic N) is 3. The first-order valence-corrected chi connectivity index (χ1v) is 8.87. The number of imidazole rings is 1. The minimum absolute atomic E-state index is 0.107. The fourth-order valence-electron chi connectivity index (χ4n) is 3.16. The summed E-state index contributed by atoms with van der Waals surface area (Å²) in [6.07, 6.45) is 3.61. The van der Waals surface area contributed by atoms with Crippen LogP contribution in [0.5, 0.6) is 11.5 Å². The SMILES string of the molecule is Cc1ccccc1N(Cc1nccn1C)C(=O)c1ccc2c(c1)OCCO2. The number of aromatic nitrogens is 2. The van der Waals surface area contributed by atoms with Crippen molar-refractivity contribution in [1.82, 2.24) is 9.55 Å².